The third kappa shape index (κ3) is 4.04. The van der Waals surface area contributed by atoms with Gasteiger partial charge in [0.25, 0.3) is 0 Å². The zero-order chi connectivity index (χ0) is 13.5. The van der Waals surface area contributed by atoms with Crippen LogP contribution in [0.1, 0.15) is 26.1 Å². The Balaban J connectivity index is 2.44. The first-order valence-electron chi connectivity index (χ1n) is 5.66. The fourth-order valence-corrected chi connectivity index (χ4v) is 1.36. The van der Waals surface area contributed by atoms with Gasteiger partial charge in [-0.25, -0.2) is 14.6 Å². The van der Waals surface area contributed by atoms with Crippen LogP contribution in [0.4, 0.5) is 4.79 Å². The first-order chi connectivity index (χ1) is 8.54. The largest absolute Gasteiger partial charge is 0.480 e. The van der Waals surface area contributed by atoms with E-state index in [0.717, 1.165) is 0 Å². The summed E-state index contributed by atoms with van der Waals surface area (Å²) < 4.78 is 0. The van der Waals surface area contributed by atoms with E-state index in [9.17, 15) is 9.59 Å². The summed E-state index contributed by atoms with van der Waals surface area (Å²) in [5.41, 5.74) is 0. The molecule has 0 saturated carbocycles. The Bertz CT molecular complexity index is 392. The van der Waals surface area contributed by atoms with E-state index in [1.165, 1.54) is 6.33 Å². The number of rotatable bonds is 6. The van der Waals surface area contributed by atoms with Crippen LogP contribution < -0.4 is 10.6 Å². The van der Waals surface area contributed by atoms with Crippen LogP contribution in [0.15, 0.2) is 6.33 Å². The molecule has 0 bridgehead atoms. The number of aliphatic carboxylic acids is 1. The molecular formula is C10H17N5O3. The van der Waals surface area contributed by atoms with Crippen molar-refractivity contribution in [2.24, 2.45) is 5.92 Å². The van der Waals surface area contributed by atoms with E-state index in [4.69, 9.17) is 5.11 Å². The highest BCUT2D eigenvalue weighted by molar-refractivity contribution is 5.82. The number of amides is 2. The average Bonchev–Trinajstić information content (AvgIpc) is 2.85. The number of hydrogen-bond acceptors (Lipinski definition) is 4. The average molecular weight is 255 g/mol. The predicted octanol–water partition coefficient (Wildman–Crippen LogP) is 0.103. The van der Waals surface area contributed by atoms with E-state index >= 15 is 0 Å². The van der Waals surface area contributed by atoms with Gasteiger partial charge < -0.3 is 15.7 Å². The van der Waals surface area contributed by atoms with Crippen molar-refractivity contribution in [3.8, 4) is 0 Å². The number of aromatic amines is 1. The van der Waals surface area contributed by atoms with Crippen LogP contribution in [0.3, 0.4) is 0 Å². The summed E-state index contributed by atoms with van der Waals surface area (Å²) in [6.45, 7) is 3.81. The van der Waals surface area contributed by atoms with Crippen molar-refractivity contribution in [2.45, 2.75) is 32.9 Å². The van der Waals surface area contributed by atoms with E-state index < -0.39 is 18.0 Å². The minimum atomic E-state index is -1.04. The minimum Gasteiger partial charge on any atom is -0.480 e. The van der Waals surface area contributed by atoms with Crippen molar-refractivity contribution >= 4 is 12.0 Å². The van der Waals surface area contributed by atoms with Gasteiger partial charge in [-0.3, -0.25) is 5.10 Å². The Labute approximate surface area is 104 Å². The molecular weight excluding hydrogens is 238 g/mol. The summed E-state index contributed by atoms with van der Waals surface area (Å²) in [6.07, 6.45) is 1.99. The van der Waals surface area contributed by atoms with E-state index in [-0.39, 0.29) is 12.5 Å². The molecule has 1 heterocycles. The highest BCUT2D eigenvalue weighted by Crippen LogP contribution is 2.07. The lowest BCUT2D eigenvalue weighted by Crippen LogP contribution is -2.48. The first-order valence-corrected chi connectivity index (χ1v) is 5.66. The predicted molar refractivity (Wildman–Crippen MR) is 62.6 cm³/mol. The van der Waals surface area contributed by atoms with Crippen LogP contribution in [-0.4, -0.2) is 38.3 Å². The summed E-state index contributed by atoms with van der Waals surface area (Å²) in [6, 6.07) is -1.44. The second-order valence-electron chi connectivity index (χ2n) is 3.96. The molecule has 1 aromatic rings. The Morgan fingerprint density at radius 1 is 1.56 bits per heavy atom. The molecule has 1 unspecified atom stereocenters. The third-order valence-electron chi connectivity index (χ3n) is 2.65. The van der Waals surface area contributed by atoms with Gasteiger partial charge in [0.05, 0.1) is 6.54 Å². The van der Waals surface area contributed by atoms with Crippen molar-refractivity contribution < 1.29 is 14.7 Å². The zero-order valence-electron chi connectivity index (χ0n) is 10.3. The number of nitrogens with one attached hydrogen (secondary N) is 3. The first kappa shape index (κ1) is 13.9. The molecule has 0 aromatic carbocycles. The van der Waals surface area contributed by atoms with Gasteiger partial charge in [0.15, 0.2) is 0 Å². The number of carbonyl (C=O) groups excluding carboxylic acids is 1. The molecule has 1 rings (SSSR count). The summed E-state index contributed by atoms with van der Waals surface area (Å²) in [4.78, 5) is 26.4. The van der Waals surface area contributed by atoms with Gasteiger partial charge in [-0.1, -0.05) is 20.3 Å². The van der Waals surface area contributed by atoms with Crippen molar-refractivity contribution in [3.63, 3.8) is 0 Å². The van der Waals surface area contributed by atoms with E-state index in [0.29, 0.717) is 12.2 Å². The summed E-state index contributed by atoms with van der Waals surface area (Å²) in [5.74, 6) is -0.682. The highest BCUT2D eigenvalue weighted by Gasteiger charge is 2.25. The van der Waals surface area contributed by atoms with E-state index in [2.05, 4.69) is 25.8 Å². The Kier molecular flexibility index (Phi) is 5.09. The molecule has 100 valence electrons. The molecule has 2 atom stereocenters. The highest BCUT2D eigenvalue weighted by atomic mass is 16.4. The van der Waals surface area contributed by atoms with Crippen LogP contribution in [0.25, 0.3) is 0 Å². The van der Waals surface area contributed by atoms with Gasteiger partial charge in [-0.05, 0) is 5.92 Å². The monoisotopic (exact) mass is 255 g/mol. The Morgan fingerprint density at radius 3 is 2.78 bits per heavy atom. The summed E-state index contributed by atoms with van der Waals surface area (Å²) in [5, 5.41) is 20.1. The van der Waals surface area contributed by atoms with Crippen LogP contribution >= 0.6 is 0 Å². The molecule has 2 amide bonds. The maximum Gasteiger partial charge on any atom is 0.326 e. The number of nitrogens with zero attached hydrogens (tertiary/aromatic N) is 2. The van der Waals surface area contributed by atoms with Gasteiger partial charge in [-0.15, -0.1) is 0 Å². The third-order valence-corrected chi connectivity index (χ3v) is 2.65. The molecule has 0 aliphatic heterocycles. The zero-order valence-corrected chi connectivity index (χ0v) is 10.3. The lowest BCUT2D eigenvalue weighted by Gasteiger charge is -2.20. The van der Waals surface area contributed by atoms with Gasteiger partial charge in [0, 0.05) is 0 Å². The number of H-pyrrole nitrogens is 1. The molecule has 0 saturated heterocycles. The maximum atomic E-state index is 11.5. The fourth-order valence-electron chi connectivity index (χ4n) is 1.36. The second kappa shape index (κ2) is 6.58. The molecule has 8 heteroatoms. The molecule has 0 radical (unpaired) electrons. The van der Waals surface area contributed by atoms with Crippen LogP contribution in [-0.2, 0) is 11.3 Å². The standard InChI is InChI=1S/C10H17N5O3/c1-3-6(2)8(9(16)17)14-10(18)11-4-7-12-5-13-15-7/h5-6,8H,3-4H2,1-2H3,(H,16,17)(H2,11,14,18)(H,12,13,15)/t6?,8-/m1/s1. The van der Waals surface area contributed by atoms with Crippen molar-refractivity contribution in [1.29, 1.82) is 0 Å². The molecule has 1 aromatic heterocycles. The van der Waals surface area contributed by atoms with Gasteiger partial charge in [0.2, 0.25) is 0 Å². The SMILES string of the molecule is CCC(C)[C@@H](NC(=O)NCc1ncn[nH]1)C(=O)O. The summed E-state index contributed by atoms with van der Waals surface area (Å²) in [7, 11) is 0. The minimum absolute atomic E-state index is 0.140. The number of aromatic nitrogens is 3. The lowest BCUT2D eigenvalue weighted by molar-refractivity contribution is -0.140. The Hall–Kier alpha value is -2.12. The quantitative estimate of drug-likeness (QED) is 0.574. The van der Waals surface area contributed by atoms with Gasteiger partial charge in [0.1, 0.15) is 18.2 Å². The smallest absolute Gasteiger partial charge is 0.326 e. The van der Waals surface area contributed by atoms with E-state index in [1.807, 2.05) is 6.92 Å². The second-order valence-corrected chi connectivity index (χ2v) is 3.96. The molecule has 0 aliphatic carbocycles. The van der Waals surface area contributed by atoms with E-state index in [1.54, 1.807) is 6.92 Å². The van der Waals surface area contributed by atoms with Crippen molar-refractivity contribution in [1.82, 2.24) is 25.8 Å². The molecule has 18 heavy (non-hydrogen) atoms. The molecule has 4 N–H and O–H groups in total. The normalized spacial score (nSPS) is 13.7. The van der Waals surface area contributed by atoms with Crippen molar-refractivity contribution in [3.05, 3.63) is 12.2 Å². The summed E-state index contributed by atoms with van der Waals surface area (Å²) >= 11 is 0. The lowest BCUT2D eigenvalue weighted by atomic mass is 9.99. The van der Waals surface area contributed by atoms with Crippen LogP contribution in [0.2, 0.25) is 0 Å². The van der Waals surface area contributed by atoms with Gasteiger partial charge >= 0.3 is 12.0 Å². The maximum absolute atomic E-state index is 11.5. The molecule has 0 aliphatic rings. The molecule has 0 fully saturated rings. The number of carbonyl (C=O) groups is 2. The fraction of sp³-hybridized carbons (Fsp3) is 0.600. The number of carboxylic acid groups (broad SMARTS) is 1. The van der Waals surface area contributed by atoms with Crippen LogP contribution in [0.5, 0.6) is 0 Å². The number of carboxylic acids is 1. The van der Waals surface area contributed by atoms with Crippen LogP contribution in [0, 0.1) is 5.92 Å². The number of urea groups is 1. The molecule has 0 spiro atoms. The number of hydrogen-bond donors (Lipinski definition) is 4. The topological polar surface area (TPSA) is 120 Å². The molecule has 8 nitrogen and oxygen atoms in total. The van der Waals surface area contributed by atoms with Gasteiger partial charge in [-0.2, -0.15) is 5.10 Å². The Morgan fingerprint density at radius 2 is 2.28 bits per heavy atom. The van der Waals surface area contributed by atoms with Crippen molar-refractivity contribution in [2.75, 3.05) is 0 Å².